The molecular formula is C18H21N3O2. The Kier molecular flexibility index (Phi) is 4.57. The summed E-state index contributed by atoms with van der Waals surface area (Å²) < 4.78 is 5.36. The van der Waals surface area contributed by atoms with Crippen LogP contribution in [0.3, 0.4) is 0 Å². The van der Waals surface area contributed by atoms with Crippen LogP contribution >= 0.6 is 0 Å². The molecule has 0 atom stereocenters. The molecule has 5 nitrogen and oxygen atoms in total. The fraction of sp³-hybridized carbons (Fsp3) is 0.333. The number of hydrogen-bond acceptors (Lipinski definition) is 4. The van der Waals surface area contributed by atoms with Gasteiger partial charge >= 0.3 is 0 Å². The van der Waals surface area contributed by atoms with E-state index in [4.69, 9.17) is 4.74 Å². The number of rotatable bonds is 3. The van der Waals surface area contributed by atoms with Crippen molar-refractivity contribution in [1.82, 2.24) is 4.98 Å². The van der Waals surface area contributed by atoms with E-state index in [1.807, 2.05) is 44.2 Å². The largest absolute Gasteiger partial charge is 0.378 e. The minimum Gasteiger partial charge on any atom is -0.378 e. The molecule has 2 heterocycles. The standard InChI is InChI=1S/C18H21N3O2/c1-13-3-4-16(14(2)11-13)20-18(22)17-12-15(5-6-19-17)21-7-9-23-10-8-21/h3-6,11-12H,7-10H2,1-2H3,(H,20,22). The second kappa shape index (κ2) is 6.79. The van der Waals surface area contributed by atoms with Gasteiger partial charge in [0.1, 0.15) is 5.69 Å². The summed E-state index contributed by atoms with van der Waals surface area (Å²) in [5, 5.41) is 2.94. The first-order chi connectivity index (χ1) is 11.1. The molecule has 0 saturated carbocycles. The Bertz CT molecular complexity index is 709. The number of morpholine rings is 1. The highest BCUT2D eigenvalue weighted by atomic mass is 16.5. The molecule has 1 fully saturated rings. The number of aromatic nitrogens is 1. The number of nitrogens with one attached hydrogen (secondary N) is 1. The van der Waals surface area contributed by atoms with E-state index >= 15 is 0 Å². The molecule has 1 saturated heterocycles. The van der Waals surface area contributed by atoms with Crippen LogP contribution < -0.4 is 10.2 Å². The summed E-state index contributed by atoms with van der Waals surface area (Å²) in [6.07, 6.45) is 1.68. The van der Waals surface area contributed by atoms with Crippen molar-refractivity contribution >= 4 is 17.3 Å². The van der Waals surface area contributed by atoms with Gasteiger partial charge < -0.3 is 15.0 Å². The van der Waals surface area contributed by atoms with Gasteiger partial charge in [-0.25, -0.2) is 0 Å². The highest BCUT2D eigenvalue weighted by molar-refractivity contribution is 6.03. The predicted octanol–water partition coefficient (Wildman–Crippen LogP) is 2.79. The van der Waals surface area contributed by atoms with Crippen LogP contribution in [0.5, 0.6) is 0 Å². The van der Waals surface area contributed by atoms with Crippen LogP contribution in [-0.4, -0.2) is 37.2 Å². The molecule has 0 aliphatic carbocycles. The van der Waals surface area contributed by atoms with Crippen LogP contribution in [-0.2, 0) is 4.74 Å². The summed E-state index contributed by atoms with van der Waals surface area (Å²) in [4.78, 5) is 18.9. The second-order valence-electron chi connectivity index (χ2n) is 5.77. The normalized spacial score (nSPS) is 14.6. The van der Waals surface area contributed by atoms with Crippen molar-refractivity contribution in [2.75, 3.05) is 36.5 Å². The number of amides is 1. The summed E-state index contributed by atoms with van der Waals surface area (Å²) >= 11 is 0. The third kappa shape index (κ3) is 3.68. The first-order valence-electron chi connectivity index (χ1n) is 7.81. The SMILES string of the molecule is Cc1ccc(NC(=O)c2cc(N3CCOCC3)ccn2)c(C)c1. The minimum absolute atomic E-state index is 0.188. The molecule has 1 aromatic heterocycles. The quantitative estimate of drug-likeness (QED) is 0.947. The Morgan fingerprint density at radius 1 is 1.17 bits per heavy atom. The van der Waals surface area contributed by atoms with E-state index in [2.05, 4.69) is 15.2 Å². The average molecular weight is 311 g/mol. The van der Waals surface area contributed by atoms with E-state index < -0.39 is 0 Å². The highest BCUT2D eigenvalue weighted by Gasteiger charge is 2.15. The van der Waals surface area contributed by atoms with Crippen molar-refractivity contribution in [3.05, 3.63) is 53.3 Å². The molecule has 5 heteroatoms. The number of nitrogens with zero attached hydrogens (tertiary/aromatic N) is 2. The van der Waals surface area contributed by atoms with Crippen LogP contribution in [0.15, 0.2) is 36.5 Å². The van der Waals surface area contributed by atoms with Gasteiger partial charge in [-0.1, -0.05) is 17.7 Å². The zero-order valence-electron chi connectivity index (χ0n) is 13.5. The van der Waals surface area contributed by atoms with Gasteiger partial charge in [-0.15, -0.1) is 0 Å². The monoisotopic (exact) mass is 311 g/mol. The minimum atomic E-state index is -0.188. The molecule has 3 rings (SSSR count). The van der Waals surface area contributed by atoms with E-state index in [1.165, 1.54) is 5.56 Å². The van der Waals surface area contributed by atoms with Crippen LogP contribution in [0.25, 0.3) is 0 Å². The van der Waals surface area contributed by atoms with Gasteiger partial charge in [0.2, 0.25) is 0 Å². The third-order valence-electron chi connectivity index (χ3n) is 3.98. The van der Waals surface area contributed by atoms with E-state index in [-0.39, 0.29) is 5.91 Å². The molecule has 1 N–H and O–H groups in total. The van der Waals surface area contributed by atoms with Crippen LogP contribution in [0, 0.1) is 13.8 Å². The van der Waals surface area contributed by atoms with Crippen molar-refractivity contribution in [3.8, 4) is 0 Å². The summed E-state index contributed by atoms with van der Waals surface area (Å²) in [6, 6.07) is 9.73. The topological polar surface area (TPSA) is 54.5 Å². The first-order valence-corrected chi connectivity index (χ1v) is 7.81. The van der Waals surface area contributed by atoms with E-state index in [9.17, 15) is 4.79 Å². The molecule has 0 radical (unpaired) electrons. The highest BCUT2D eigenvalue weighted by Crippen LogP contribution is 2.19. The molecule has 1 amide bonds. The van der Waals surface area contributed by atoms with Crippen molar-refractivity contribution in [3.63, 3.8) is 0 Å². The van der Waals surface area contributed by atoms with Gasteiger partial charge in [0.05, 0.1) is 13.2 Å². The lowest BCUT2D eigenvalue weighted by Gasteiger charge is -2.28. The maximum Gasteiger partial charge on any atom is 0.274 e. The van der Waals surface area contributed by atoms with Gasteiger partial charge in [0, 0.05) is 30.7 Å². The fourth-order valence-corrected chi connectivity index (χ4v) is 2.70. The maximum atomic E-state index is 12.5. The average Bonchev–Trinajstić information content (AvgIpc) is 2.58. The fourth-order valence-electron chi connectivity index (χ4n) is 2.70. The number of benzene rings is 1. The van der Waals surface area contributed by atoms with E-state index in [0.29, 0.717) is 18.9 Å². The zero-order valence-corrected chi connectivity index (χ0v) is 13.5. The van der Waals surface area contributed by atoms with Gasteiger partial charge in [0.15, 0.2) is 0 Å². The maximum absolute atomic E-state index is 12.5. The van der Waals surface area contributed by atoms with E-state index in [0.717, 1.165) is 30.0 Å². The van der Waals surface area contributed by atoms with Gasteiger partial charge in [0.25, 0.3) is 5.91 Å². The van der Waals surface area contributed by atoms with Crippen molar-refractivity contribution < 1.29 is 9.53 Å². The number of pyridine rings is 1. The number of aryl methyl sites for hydroxylation is 2. The van der Waals surface area contributed by atoms with Crippen molar-refractivity contribution in [2.45, 2.75) is 13.8 Å². The lowest BCUT2D eigenvalue weighted by atomic mass is 10.1. The lowest BCUT2D eigenvalue weighted by molar-refractivity contribution is 0.102. The molecule has 1 aliphatic heterocycles. The lowest BCUT2D eigenvalue weighted by Crippen LogP contribution is -2.36. The molecule has 1 aliphatic rings. The molecule has 1 aromatic carbocycles. The molecule has 23 heavy (non-hydrogen) atoms. The van der Waals surface area contributed by atoms with Crippen LogP contribution in [0.2, 0.25) is 0 Å². The molecule has 2 aromatic rings. The number of ether oxygens (including phenoxy) is 1. The van der Waals surface area contributed by atoms with Gasteiger partial charge in [-0.05, 0) is 37.6 Å². The Morgan fingerprint density at radius 3 is 2.70 bits per heavy atom. The molecular weight excluding hydrogens is 290 g/mol. The first kappa shape index (κ1) is 15.5. The molecule has 0 unspecified atom stereocenters. The van der Waals surface area contributed by atoms with Crippen LogP contribution in [0.1, 0.15) is 21.6 Å². The smallest absolute Gasteiger partial charge is 0.274 e. The molecule has 0 spiro atoms. The van der Waals surface area contributed by atoms with Crippen LogP contribution in [0.4, 0.5) is 11.4 Å². The number of anilines is 2. The number of carbonyl (C=O) groups is 1. The summed E-state index contributed by atoms with van der Waals surface area (Å²) in [5.74, 6) is -0.188. The van der Waals surface area contributed by atoms with E-state index in [1.54, 1.807) is 6.20 Å². The van der Waals surface area contributed by atoms with Crippen molar-refractivity contribution in [1.29, 1.82) is 0 Å². The summed E-state index contributed by atoms with van der Waals surface area (Å²) in [5.41, 5.74) is 4.47. The number of carbonyl (C=O) groups excluding carboxylic acids is 1. The summed E-state index contributed by atoms with van der Waals surface area (Å²) in [7, 11) is 0. The molecule has 120 valence electrons. The van der Waals surface area contributed by atoms with Crippen molar-refractivity contribution in [2.24, 2.45) is 0 Å². The van der Waals surface area contributed by atoms with Gasteiger partial charge in [-0.3, -0.25) is 9.78 Å². The second-order valence-corrected chi connectivity index (χ2v) is 5.77. The predicted molar refractivity (Wildman–Crippen MR) is 91.1 cm³/mol. The Hall–Kier alpha value is -2.40. The number of hydrogen-bond donors (Lipinski definition) is 1. The Morgan fingerprint density at radius 2 is 1.96 bits per heavy atom. The Balaban J connectivity index is 1.76. The zero-order chi connectivity index (χ0) is 16.2. The summed E-state index contributed by atoms with van der Waals surface area (Å²) in [6.45, 7) is 7.12. The van der Waals surface area contributed by atoms with Gasteiger partial charge in [-0.2, -0.15) is 0 Å². The molecule has 0 bridgehead atoms. The Labute approximate surface area is 136 Å². The third-order valence-corrected chi connectivity index (χ3v) is 3.98.